The predicted molar refractivity (Wildman–Crippen MR) is 79.9 cm³/mol. The smallest absolute Gasteiger partial charge is 0.242 e. The summed E-state index contributed by atoms with van der Waals surface area (Å²) < 4.78 is 27.0. The summed E-state index contributed by atoms with van der Waals surface area (Å²) in [6.07, 6.45) is 0.577. The lowest BCUT2D eigenvalue weighted by Crippen LogP contribution is -2.29. The van der Waals surface area contributed by atoms with Crippen molar-refractivity contribution in [3.05, 3.63) is 27.7 Å². The molecule has 0 amide bonds. The molecular weight excluding hydrogens is 363 g/mol. The first-order chi connectivity index (χ1) is 7.83. The third kappa shape index (κ3) is 5.42. The molecule has 1 atom stereocenters. The quantitative estimate of drug-likeness (QED) is 0.828. The number of hydrogen-bond donors (Lipinski definition) is 2. The number of nitrogens with two attached hydrogens (primary N) is 1. The van der Waals surface area contributed by atoms with E-state index in [9.17, 15) is 8.42 Å². The van der Waals surface area contributed by atoms with Crippen LogP contribution in [0.4, 0.5) is 0 Å². The Hall–Kier alpha value is 0.150. The van der Waals surface area contributed by atoms with Crippen LogP contribution in [0.2, 0.25) is 5.02 Å². The Morgan fingerprint density at radius 1 is 1.50 bits per heavy atom. The molecule has 0 aliphatic rings. The molecule has 0 aliphatic carbocycles. The second kappa shape index (κ2) is 7.67. The van der Waals surface area contributed by atoms with Crippen LogP contribution >= 0.6 is 39.9 Å². The number of halogens is 3. The van der Waals surface area contributed by atoms with Crippen molar-refractivity contribution in [2.24, 2.45) is 5.73 Å². The number of hydrogen-bond acceptors (Lipinski definition) is 3. The molecule has 0 aromatic heterocycles. The van der Waals surface area contributed by atoms with Crippen LogP contribution in [0.25, 0.3) is 0 Å². The highest BCUT2D eigenvalue weighted by molar-refractivity contribution is 9.10. The first-order valence-corrected chi connectivity index (χ1v) is 7.68. The molecule has 104 valence electrons. The molecule has 4 nitrogen and oxygen atoms in total. The van der Waals surface area contributed by atoms with Gasteiger partial charge in [0.05, 0.1) is 5.02 Å². The van der Waals surface area contributed by atoms with Gasteiger partial charge < -0.3 is 5.73 Å². The molecule has 1 unspecified atom stereocenters. The van der Waals surface area contributed by atoms with Crippen LogP contribution in [-0.2, 0) is 10.0 Å². The Kier molecular flexibility index (Phi) is 7.73. The first kappa shape index (κ1) is 18.1. The second-order valence-corrected chi connectivity index (χ2v) is 6.80. The van der Waals surface area contributed by atoms with Gasteiger partial charge in [-0.2, -0.15) is 0 Å². The SMILES string of the molecule is CC(N)CCNS(=O)(=O)c1ccc(Br)cc1Cl.Cl. The Bertz CT molecular complexity index is 495. The zero-order valence-electron chi connectivity index (χ0n) is 9.69. The van der Waals surface area contributed by atoms with Crippen molar-refractivity contribution in [3.8, 4) is 0 Å². The second-order valence-electron chi connectivity index (χ2n) is 3.74. The average molecular weight is 378 g/mol. The molecule has 1 aromatic rings. The monoisotopic (exact) mass is 376 g/mol. The van der Waals surface area contributed by atoms with Crippen molar-refractivity contribution in [2.75, 3.05) is 6.54 Å². The molecule has 1 aromatic carbocycles. The molecule has 1 rings (SSSR count). The van der Waals surface area contributed by atoms with Crippen molar-refractivity contribution in [1.29, 1.82) is 0 Å². The molecule has 0 heterocycles. The number of rotatable bonds is 5. The lowest BCUT2D eigenvalue weighted by atomic mass is 10.3. The summed E-state index contributed by atoms with van der Waals surface area (Å²) in [5.41, 5.74) is 5.54. The fraction of sp³-hybridized carbons (Fsp3) is 0.400. The van der Waals surface area contributed by atoms with E-state index in [1.165, 1.54) is 6.07 Å². The van der Waals surface area contributed by atoms with Gasteiger partial charge in [-0.05, 0) is 31.5 Å². The Morgan fingerprint density at radius 3 is 2.61 bits per heavy atom. The van der Waals surface area contributed by atoms with Crippen LogP contribution in [0.5, 0.6) is 0 Å². The standard InChI is InChI=1S/C10H14BrClN2O2S.ClH/c1-7(13)4-5-14-17(15,16)10-3-2-8(11)6-9(10)12;/h2-3,6-7,14H,4-5,13H2,1H3;1H. The maximum absolute atomic E-state index is 11.9. The molecule has 0 bridgehead atoms. The van der Waals surface area contributed by atoms with Crippen molar-refractivity contribution in [2.45, 2.75) is 24.3 Å². The van der Waals surface area contributed by atoms with E-state index < -0.39 is 10.0 Å². The molecule has 0 radical (unpaired) electrons. The minimum Gasteiger partial charge on any atom is -0.328 e. The van der Waals surface area contributed by atoms with Crippen molar-refractivity contribution < 1.29 is 8.42 Å². The van der Waals surface area contributed by atoms with Gasteiger partial charge in [0.25, 0.3) is 0 Å². The topological polar surface area (TPSA) is 72.2 Å². The van der Waals surface area contributed by atoms with Crippen molar-refractivity contribution in [1.82, 2.24) is 4.72 Å². The molecule has 0 spiro atoms. The minimum atomic E-state index is -3.56. The summed E-state index contributed by atoms with van der Waals surface area (Å²) in [5, 5.41) is 0.188. The fourth-order valence-electron chi connectivity index (χ4n) is 1.19. The molecular formula is C10H15BrCl2N2O2S. The van der Waals surface area contributed by atoms with Crippen LogP contribution in [0.1, 0.15) is 13.3 Å². The third-order valence-electron chi connectivity index (χ3n) is 2.08. The normalized spacial score (nSPS) is 12.9. The molecule has 0 fully saturated rings. The van der Waals surface area contributed by atoms with Gasteiger partial charge in [0.1, 0.15) is 4.90 Å². The largest absolute Gasteiger partial charge is 0.328 e. The first-order valence-electron chi connectivity index (χ1n) is 5.03. The number of sulfonamides is 1. The number of nitrogens with one attached hydrogen (secondary N) is 1. The zero-order valence-corrected chi connectivity index (χ0v) is 13.7. The highest BCUT2D eigenvalue weighted by Crippen LogP contribution is 2.24. The van der Waals surface area contributed by atoms with E-state index in [0.29, 0.717) is 13.0 Å². The van der Waals surface area contributed by atoms with Gasteiger partial charge in [-0.25, -0.2) is 13.1 Å². The molecule has 3 N–H and O–H groups in total. The fourth-order valence-corrected chi connectivity index (χ4v) is 3.27. The van der Waals surface area contributed by atoms with Gasteiger partial charge in [0, 0.05) is 17.1 Å². The Balaban J connectivity index is 0.00000289. The summed E-state index contributed by atoms with van der Waals surface area (Å²) in [4.78, 5) is 0.0760. The van der Waals surface area contributed by atoms with Gasteiger partial charge in [-0.15, -0.1) is 12.4 Å². The average Bonchev–Trinajstić information content (AvgIpc) is 2.15. The van der Waals surface area contributed by atoms with Crippen LogP contribution in [-0.4, -0.2) is 21.0 Å². The van der Waals surface area contributed by atoms with Gasteiger partial charge in [0.15, 0.2) is 0 Å². The van der Waals surface area contributed by atoms with E-state index >= 15 is 0 Å². The minimum absolute atomic E-state index is 0. The van der Waals surface area contributed by atoms with E-state index in [4.69, 9.17) is 17.3 Å². The van der Waals surface area contributed by atoms with Gasteiger partial charge >= 0.3 is 0 Å². The summed E-state index contributed by atoms with van der Waals surface area (Å²) in [5.74, 6) is 0. The maximum atomic E-state index is 11.9. The lowest BCUT2D eigenvalue weighted by Gasteiger charge is -2.09. The summed E-state index contributed by atoms with van der Waals surface area (Å²) in [7, 11) is -3.56. The maximum Gasteiger partial charge on any atom is 0.242 e. The third-order valence-corrected chi connectivity index (χ3v) is 4.51. The van der Waals surface area contributed by atoms with Crippen LogP contribution in [0.3, 0.4) is 0 Å². The van der Waals surface area contributed by atoms with E-state index in [0.717, 1.165) is 4.47 Å². The van der Waals surface area contributed by atoms with Crippen LogP contribution in [0.15, 0.2) is 27.6 Å². The van der Waals surface area contributed by atoms with Gasteiger partial charge in [-0.3, -0.25) is 0 Å². The highest BCUT2D eigenvalue weighted by atomic mass is 79.9. The van der Waals surface area contributed by atoms with E-state index in [1.807, 2.05) is 6.92 Å². The van der Waals surface area contributed by atoms with E-state index in [2.05, 4.69) is 20.7 Å². The molecule has 0 saturated carbocycles. The Morgan fingerprint density at radius 2 is 2.11 bits per heavy atom. The van der Waals surface area contributed by atoms with Crippen LogP contribution in [0, 0.1) is 0 Å². The van der Waals surface area contributed by atoms with Crippen LogP contribution < -0.4 is 10.5 Å². The number of benzene rings is 1. The van der Waals surface area contributed by atoms with E-state index in [1.54, 1.807) is 12.1 Å². The van der Waals surface area contributed by atoms with E-state index in [-0.39, 0.29) is 28.4 Å². The molecule has 0 saturated heterocycles. The Labute approximate surface area is 127 Å². The molecule has 18 heavy (non-hydrogen) atoms. The predicted octanol–water partition coefficient (Wildman–Crippen LogP) is 2.54. The summed E-state index contributed by atoms with van der Waals surface area (Å²) in [6, 6.07) is 4.59. The molecule has 0 aliphatic heterocycles. The van der Waals surface area contributed by atoms with Gasteiger partial charge in [-0.1, -0.05) is 27.5 Å². The molecule has 8 heteroatoms. The summed E-state index contributed by atoms with van der Waals surface area (Å²) >= 11 is 9.10. The highest BCUT2D eigenvalue weighted by Gasteiger charge is 2.17. The van der Waals surface area contributed by atoms with Crippen molar-refractivity contribution >= 4 is 50.0 Å². The zero-order chi connectivity index (χ0) is 13.1. The van der Waals surface area contributed by atoms with Crippen molar-refractivity contribution in [3.63, 3.8) is 0 Å². The van der Waals surface area contributed by atoms with Gasteiger partial charge in [0.2, 0.25) is 10.0 Å². The summed E-state index contributed by atoms with van der Waals surface area (Å²) in [6.45, 7) is 2.12. The lowest BCUT2D eigenvalue weighted by molar-refractivity contribution is 0.572.